The van der Waals surface area contributed by atoms with E-state index >= 15 is 0 Å². The second kappa shape index (κ2) is 6.63. The van der Waals surface area contributed by atoms with Crippen LogP contribution in [-0.4, -0.2) is 14.5 Å². The molecular weight excluding hydrogens is 354 g/mol. The lowest BCUT2D eigenvalue weighted by molar-refractivity contribution is 0.945. The maximum atomic E-state index is 13.0. The van der Waals surface area contributed by atoms with E-state index in [9.17, 15) is 4.79 Å². The fourth-order valence-electron chi connectivity index (χ4n) is 2.55. The quantitative estimate of drug-likeness (QED) is 0.530. The SMILES string of the molecule is O=c1c2cscc2nc(C=Cc2ccccn2)n1-c1ccccc1Cl. The summed E-state index contributed by atoms with van der Waals surface area (Å²) < 4.78 is 1.54. The van der Waals surface area contributed by atoms with Crippen molar-refractivity contribution in [3.63, 3.8) is 0 Å². The van der Waals surface area contributed by atoms with Crippen LogP contribution in [0, 0.1) is 0 Å². The topological polar surface area (TPSA) is 47.8 Å². The number of pyridine rings is 1. The molecule has 0 aliphatic rings. The minimum atomic E-state index is -0.139. The minimum Gasteiger partial charge on any atom is -0.268 e. The molecule has 4 rings (SSSR count). The van der Waals surface area contributed by atoms with Crippen molar-refractivity contribution in [1.82, 2.24) is 14.5 Å². The molecule has 4 nitrogen and oxygen atoms in total. The van der Waals surface area contributed by atoms with E-state index in [4.69, 9.17) is 11.6 Å². The van der Waals surface area contributed by atoms with Gasteiger partial charge in [-0.15, -0.1) is 11.3 Å². The summed E-state index contributed by atoms with van der Waals surface area (Å²) in [6.07, 6.45) is 5.33. The summed E-state index contributed by atoms with van der Waals surface area (Å²) in [5.74, 6) is 0.509. The predicted octanol–water partition coefficient (Wildman–Crippen LogP) is 4.67. The van der Waals surface area contributed by atoms with E-state index in [0.29, 0.717) is 27.4 Å². The minimum absolute atomic E-state index is 0.139. The average Bonchev–Trinajstić information content (AvgIpc) is 3.11. The molecule has 0 fully saturated rings. The van der Waals surface area contributed by atoms with Gasteiger partial charge in [-0.25, -0.2) is 4.98 Å². The Labute approximate surface area is 152 Å². The number of aromatic nitrogens is 3. The molecule has 0 bridgehead atoms. The average molecular weight is 366 g/mol. The Morgan fingerprint density at radius 1 is 1.04 bits per heavy atom. The standard InChI is InChI=1S/C19H12ClN3OS/c20-15-6-1-2-7-17(15)23-18(9-8-13-5-3-4-10-21-13)22-16-12-25-11-14(16)19(23)24/h1-12H. The first-order valence-corrected chi connectivity index (χ1v) is 8.89. The Bertz CT molecular complexity index is 1130. The zero-order chi connectivity index (χ0) is 17.2. The van der Waals surface area contributed by atoms with Crippen molar-refractivity contribution < 1.29 is 0 Å². The van der Waals surface area contributed by atoms with Crippen molar-refractivity contribution in [1.29, 1.82) is 0 Å². The number of benzene rings is 1. The summed E-state index contributed by atoms with van der Waals surface area (Å²) in [5, 5.41) is 4.75. The number of para-hydroxylation sites is 1. The summed E-state index contributed by atoms with van der Waals surface area (Å²) in [6.45, 7) is 0. The van der Waals surface area contributed by atoms with Crippen molar-refractivity contribution in [3.8, 4) is 5.69 Å². The molecule has 0 aliphatic heterocycles. The maximum absolute atomic E-state index is 13.0. The summed E-state index contributed by atoms with van der Waals surface area (Å²) in [7, 11) is 0. The van der Waals surface area contributed by atoms with Gasteiger partial charge < -0.3 is 0 Å². The lowest BCUT2D eigenvalue weighted by atomic mass is 10.2. The van der Waals surface area contributed by atoms with E-state index < -0.39 is 0 Å². The zero-order valence-corrected chi connectivity index (χ0v) is 14.5. The fraction of sp³-hybridized carbons (Fsp3) is 0. The van der Waals surface area contributed by atoms with Crippen LogP contribution in [0.25, 0.3) is 28.7 Å². The van der Waals surface area contributed by atoms with Crippen LogP contribution in [0.1, 0.15) is 11.5 Å². The third kappa shape index (κ3) is 2.99. The fourth-order valence-corrected chi connectivity index (χ4v) is 3.50. The zero-order valence-electron chi connectivity index (χ0n) is 13.0. The lowest BCUT2D eigenvalue weighted by Gasteiger charge is -2.11. The van der Waals surface area contributed by atoms with E-state index in [1.165, 1.54) is 15.9 Å². The lowest BCUT2D eigenvalue weighted by Crippen LogP contribution is -2.22. The van der Waals surface area contributed by atoms with Crippen LogP contribution in [0.4, 0.5) is 0 Å². The molecule has 122 valence electrons. The smallest absolute Gasteiger partial charge is 0.267 e. The number of hydrogen-bond donors (Lipinski definition) is 0. The third-order valence-electron chi connectivity index (χ3n) is 3.72. The van der Waals surface area contributed by atoms with Crippen LogP contribution < -0.4 is 5.56 Å². The molecule has 3 aromatic heterocycles. The molecule has 3 heterocycles. The molecule has 0 aliphatic carbocycles. The highest BCUT2D eigenvalue weighted by atomic mass is 35.5. The van der Waals surface area contributed by atoms with E-state index in [1.54, 1.807) is 18.3 Å². The van der Waals surface area contributed by atoms with Gasteiger partial charge in [0.1, 0.15) is 5.82 Å². The third-order valence-corrected chi connectivity index (χ3v) is 4.77. The van der Waals surface area contributed by atoms with Crippen molar-refractivity contribution in [3.05, 3.63) is 86.3 Å². The van der Waals surface area contributed by atoms with Crippen LogP contribution in [0.2, 0.25) is 5.02 Å². The first-order valence-electron chi connectivity index (χ1n) is 7.57. The van der Waals surface area contributed by atoms with Gasteiger partial charge in [0.2, 0.25) is 0 Å². The Morgan fingerprint density at radius 3 is 2.68 bits per heavy atom. The molecule has 0 saturated carbocycles. The molecule has 0 saturated heterocycles. The number of halogens is 1. The summed E-state index contributed by atoms with van der Waals surface area (Å²) >= 11 is 7.78. The number of fused-ring (bicyclic) bond motifs is 1. The highest BCUT2D eigenvalue weighted by Gasteiger charge is 2.13. The van der Waals surface area contributed by atoms with E-state index in [-0.39, 0.29) is 5.56 Å². The van der Waals surface area contributed by atoms with Gasteiger partial charge in [0, 0.05) is 17.0 Å². The second-order valence-electron chi connectivity index (χ2n) is 5.32. The second-order valence-corrected chi connectivity index (χ2v) is 6.47. The Kier molecular flexibility index (Phi) is 4.17. The molecule has 6 heteroatoms. The molecule has 0 spiro atoms. The number of thiophene rings is 1. The predicted molar refractivity (Wildman–Crippen MR) is 103 cm³/mol. The van der Waals surface area contributed by atoms with E-state index in [0.717, 1.165) is 5.69 Å². The van der Waals surface area contributed by atoms with Gasteiger partial charge in [0.15, 0.2) is 0 Å². The van der Waals surface area contributed by atoms with Gasteiger partial charge in [0.05, 0.1) is 27.3 Å². The van der Waals surface area contributed by atoms with Crippen LogP contribution in [0.15, 0.2) is 64.2 Å². The molecule has 0 radical (unpaired) electrons. The molecular formula is C19H12ClN3OS. The monoisotopic (exact) mass is 365 g/mol. The molecule has 0 N–H and O–H groups in total. The van der Waals surface area contributed by atoms with Crippen molar-refractivity contribution in [2.24, 2.45) is 0 Å². The van der Waals surface area contributed by atoms with Crippen LogP contribution in [0.3, 0.4) is 0 Å². The summed E-state index contributed by atoms with van der Waals surface area (Å²) in [6, 6.07) is 12.9. The van der Waals surface area contributed by atoms with Crippen LogP contribution in [-0.2, 0) is 0 Å². The highest BCUT2D eigenvalue weighted by molar-refractivity contribution is 7.09. The van der Waals surface area contributed by atoms with Gasteiger partial charge in [-0.2, -0.15) is 0 Å². The van der Waals surface area contributed by atoms with Crippen molar-refractivity contribution >= 4 is 46.0 Å². The largest absolute Gasteiger partial charge is 0.268 e. The molecule has 0 unspecified atom stereocenters. The number of rotatable bonds is 3. The molecule has 25 heavy (non-hydrogen) atoms. The van der Waals surface area contributed by atoms with Gasteiger partial charge in [-0.1, -0.05) is 29.8 Å². The maximum Gasteiger partial charge on any atom is 0.267 e. The molecule has 4 aromatic rings. The first kappa shape index (κ1) is 15.7. The number of hydrogen-bond acceptors (Lipinski definition) is 4. The van der Waals surface area contributed by atoms with Crippen LogP contribution >= 0.6 is 22.9 Å². The van der Waals surface area contributed by atoms with Crippen molar-refractivity contribution in [2.75, 3.05) is 0 Å². The Balaban J connectivity index is 1.96. The summed E-state index contributed by atoms with van der Waals surface area (Å²) in [4.78, 5) is 21.9. The van der Waals surface area contributed by atoms with Crippen molar-refractivity contribution in [2.45, 2.75) is 0 Å². The normalized spacial score (nSPS) is 11.4. The Hall–Kier alpha value is -2.76. The molecule has 0 amide bonds. The number of nitrogens with zero attached hydrogens (tertiary/aromatic N) is 3. The van der Waals surface area contributed by atoms with E-state index in [1.807, 2.05) is 53.2 Å². The van der Waals surface area contributed by atoms with Gasteiger partial charge in [-0.3, -0.25) is 14.3 Å². The highest BCUT2D eigenvalue weighted by Crippen LogP contribution is 2.22. The van der Waals surface area contributed by atoms with Gasteiger partial charge >= 0.3 is 0 Å². The first-order chi connectivity index (χ1) is 12.2. The Morgan fingerprint density at radius 2 is 1.88 bits per heavy atom. The van der Waals surface area contributed by atoms with Crippen LogP contribution in [0.5, 0.6) is 0 Å². The summed E-state index contributed by atoms with van der Waals surface area (Å²) in [5.41, 5.74) is 1.93. The molecule has 1 aromatic carbocycles. The van der Waals surface area contributed by atoms with Gasteiger partial charge in [-0.05, 0) is 36.4 Å². The van der Waals surface area contributed by atoms with E-state index in [2.05, 4.69) is 9.97 Å². The molecule has 0 atom stereocenters. The van der Waals surface area contributed by atoms with Gasteiger partial charge in [0.25, 0.3) is 5.56 Å².